The molecule has 2 rings (SSSR count). The topological polar surface area (TPSA) is 57.5 Å². The van der Waals surface area contributed by atoms with Crippen LogP contribution in [0.1, 0.15) is 26.7 Å². The summed E-state index contributed by atoms with van der Waals surface area (Å²) in [4.78, 5) is 12.0. The fourth-order valence-electron chi connectivity index (χ4n) is 2.94. The van der Waals surface area contributed by atoms with Gasteiger partial charge < -0.3 is 10.2 Å². The zero-order valence-electron chi connectivity index (χ0n) is 10.9. The highest BCUT2D eigenvalue weighted by Crippen LogP contribution is 2.49. The van der Waals surface area contributed by atoms with Crippen molar-refractivity contribution in [3.05, 3.63) is 35.5 Å². The molecule has 0 aromatic carbocycles. The highest BCUT2D eigenvalue weighted by atomic mass is 16.3. The molecule has 2 N–H and O–H groups in total. The largest absolute Gasteiger partial charge is 0.393 e. The van der Waals surface area contributed by atoms with Crippen LogP contribution in [-0.4, -0.2) is 28.7 Å². The molecule has 2 aliphatic carbocycles. The minimum atomic E-state index is -0.347. The van der Waals surface area contributed by atoms with E-state index >= 15 is 0 Å². The van der Waals surface area contributed by atoms with Gasteiger partial charge in [-0.1, -0.05) is 32.1 Å². The quantitative estimate of drug-likeness (QED) is 0.783. The van der Waals surface area contributed by atoms with Crippen LogP contribution >= 0.6 is 0 Å². The van der Waals surface area contributed by atoms with E-state index < -0.39 is 0 Å². The van der Waals surface area contributed by atoms with Crippen LogP contribution in [0.3, 0.4) is 0 Å². The Morgan fingerprint density at radius 2 is 2.28 bits per heavy atom. The number of hydrogen-bond donors (Lipinski definition) is 2. The van der Waals surface area contributed by atoms with E-state index in [1.807, 2.05) is 19.9 Å². The van der Waals surface area contributed by atoms with Crippen molar-refractivity contribution in [1.82, 2.24) is 0 Å². The predicted octanol–water partition coefficient (Wildman–Crippen LogP) is 1.77. The van der Waals surface area contributed by atoms with Crippen molar-refractivity contribution in [2.24, 2.45) is 11.3 Å². The van der Waals surface area contributed by atoms with E-state index in [1.54, 1.807) is 6.08 Å². The molecule has 3 heteroatoms. The van der Waals surface area contributed by atoms with E-state index in [0.717, 1.165) is 12.0 Å². The van der Waals surface area contributed by atoms with Gasteiger partial charge in [-0.15, -0.1) is 0 Å². The third-order valence-electron chi connectivity index (χ3n) is 4.51. The smallest absolute Gasteiger partial charge is 0.185 e. The summed E-state index contributed by atoms with van der Waals surface area (Å²) < 4.78 is 0. The molecule has 18 heavy (non-hydrogen) atoms. The maximum atomic E-state index is 12.0. The molecule has 0 radical (unpaired) electrons. The highest BCUT2D eigenvalue weighted by molar-refractivity contribution is 6.09. The molecule has 1 fully saturated rings. The average molecular weight is 248 g/mol. The Hall–Kier alpha value is -1.19. The van der Waals surface area contributed by atoms with Gasteiger partial charge in [-0.25, -0.2) is 0 Å². The first-order chi connectivity index (χ1) is 8.40. The Morgan fingerprint density at radius 1 is 1.61 bits per heavy atom. The predicted molar refractivity (Wildman–Crippen MR) is 69.9 cm³/mol. The molecule has 0 saturated heterocycles. The van der Waals surface area contributed by atoms with Crippen LogP contribution in [0.5, 0.6) is 0 Å². The highest BCUT2D eigenvalue weighted by Gasteiger charge is 2.43. The van der Waals surface area contributed by atoms with Gasteiger partial charge >= 0.3 is 0 Å². The van der Waals surface area contributed by atoms with Crippen LogP contribution in [0.25, 0.3) is 0 Å². The molecule has 1 saturated carbocycles. The first kappa shape index (κ1) is 13.2. The van der Waals surface area contributed by atoms with Crippen LogP contribution in [0.2, 0.25) is 0 Å². The van der Waals surface area contributed by atoms with Crippen LogP contribution in [0.4, 0.5) is 0 Å². The molecular formula is C15H20O3. The summed E-state index contributed by atoms with van der Waals surface area (Å²) >= 11 is 0. The third-order valence-corrected chi connectivity index (χ3v) is 4.51. The Labute approximate surface area is 108 Å². The fraction of sp³-hybridized carbons (Fsp3) is 0.533. The standard InChI is InChI=1S/C15H20O3/c1-9(8-16)12-7-15(3)10(2)13(17)5-4-11(15)6-14(12)18/h6-7,10,13,16-17H,1,4-5,8H2,2-3H3/t10-,13+,15+/m0/s1. The molecular weight excluding hydrogens is 228 g/mol. The molecule has 0 spiro atoms. The Morgan fingerprint density at radius 3 is 2.89 bits per heavy atom. The summed E-state index contributed by atoms with van der Waals surface area (Å²) in [7, 11) is 0. The van der Waals surface area contributed by atoms with Crippen LogP contribution in [-0.2, 0) is 4.79 Å². The zero-order chi connectivity index (χ0) is 13.5. The molecule has 0 heterocycles. The van der Waals surface area contributed by atoms with E-state index in [0.29, 0.717) is 17.6 Å². The number of carbonyl (C=O) groups is 1. The SMILES string of the molecule is C=C(CO)C1=C[C@@]2(C)C(=CC1=O)CC[C@@H](O)[C@@H]2C. The summed E-state index contributed by atoms with van der Waals surface area (Å²) in [6.45, 7) is 7.56. The van der Waals surface area contributed by atoms with Crippen molar-refractivity contribution in [3.63, 3.8) is 0 Å². The lowest BCUT2D eigenvalue weighted by molar-refractivity contribution is -0.111. The molecule has 0 aliphatic heterocycles. The van der Waals surface area contributed by atoms with Crippen molar-refractivity contribution >= 4 is 5.78 Å². The number of carbonyl (C=O) groups excluding carboxylic acids is 1. The minimum absolute atomic E-state index is 0.0621. The van der Waals surface area contributed by atoms with E-state index in [2.05, 4.69) is 6.58 Å². The van der Waals surface area contributed by atoms with Crippen molar-refractivity contribution in [3.8, 4) is 0 Å². The fourth-order valence-corrected chi connectivity index (χ4v) is 2.94. The molecule has 0 aromatic heterocycles. The van der Waals surface area contributed by atoms with Gasteiger partial charge in [0.05, 0.1) is 12.7 Å². The van der Waals surface area contributed by atoms with Gasteiger partial charge in [0.25, 0.3) is 0 Å². The van der Waals surface area contributed by atoms with Crippen molar-refractivity contribution < 1.29 is 15.0 Å². The summed E-state index contributed by atoms with van der Waals surface area (Å²) in [5, 5.41) is 19.2. The first-order valence-electron chi connectivity index (χ1n) is 6.35. The second-order valence-corrected chi connectivity index (χ2v) is 5.53. The molecule has 0 unspecified atom stereocenters. The monoisotopic (exact) mass is 248 g/mol. The zero-order valence-corrected chi connectivity index (χ0v) is 10.9. The number of fused-ring (bicyclic) bond motifs is 1. The second kappa shape index (κ2) is 4.48. The van der Waals surface area contributed by atoms with Gasteiger partial charge in [0.1, 0.15) is 0 Å². The Balaban J connectivity index is 2.46. The molecule has 0 bridgehead atoms. The van der Waals surface area contributed by atoms with E-state index in [9.17, 15) is 9.90 Å². The molecule has 98 valence electrons. The first-order valence-corrected chi connectivity index (χ1v) is 6.35. The number of hydrogen-bond acceptors (Lipinski definition) is 3. The number of allylic oxidation sites excluding steroid dienone is 3. The van der Waals surface area contributed by atoms with Crippen LogP contribution in [0.15, 0.2) is 35.5 Å². The van der Waals surface area contributed by atoms with Crippen molar-refractivity contribution in [2.45, 2.75) is 32.8 Å². The lowest BCUT2D eigenvalue weighted by Gasteiger charge is -2.44. The van der Waals surface area contributed by atoms with Gasteiger partial charge in [0, 0.05) is 11.0 Å². The van der Waals surface area contributed by atoms with Crippen LogP contribution in [0, 0.1) is 11.3 Å². The Bertz CT molecular complexity index is 458. The number of ketones is 1. The van der Waals surface area contributed by atoms with E-state index in [4.69, 9.17) is 5.11 Å². The van der Waals surface area contributed by atoms with Gasteiger partial charge in [-0.3, -0.25) is 4.79 Å². The lowest BCUT2D eigenvalue weighted by atomic mass is 9.61. The van der Waals surface area contributed by atoms with E-state index in [1.165, 1.54) is 0 Å². The number of aliphatic hydroxyl groups is 2. The molecule has 3 nitrogen and oxygen atoms in total. The summed E-state index contributed by atoms with van der Waals surface area (Å²) in [6.07, 6.45) is 4.66. The number of rotatable bonds is 2. The van der Waals surface area contributed by atoms with Gasteiger partial charge in [0.2, 0.25) is 0 Å². The maximum Gasteiger partial charge on any atom is 0.185 e. The Kier molecular flexibility index (Phi) is 3.30. The average Bonchev–Trinajstić information content (AvgIpc) is 2.35. The third kappa shape index (κ3) is 1.88. The minimum Gasteiger partial charge on any atom is -0.393 e. The van der Waals surface area contributed by atoms with Gasteiger partial charge in [-0.05, 0) is 30.4 Å². The maximum absolute atomic E-state index is 12.0. The van der Waals surface area contributed by atoms with Gasteiger partial charge in [-0.2, -0.15) is 0 Å². The van der Waals surface area contributed by atoms with E-state index in [-0.39, 0.29) is 29.8 Å². The number of aliphatic hydroxyl groups excluding tert-OH is 2. The lowest BCUT2D eigenvalue weighted by Crippen LogP contribution is -2.41. The summed E-state index contributed by atoms with van der Waals surface area (Å²) in [5.41, 5.74) is 1.72. The molecule has 0 amide bonds. The van der Waals surface area contributed by atoms with Crippen molar-refractivity contribution in [1.29, 1.82) is 0 Å². The summed E-state index contributed by atoms with van der Waals surface area (Å²) in [6, 6.07) is 0. The van der Waals surface area contributed by atoms with Crippen molar-refractivity contribution in [2.75, 3.05) is 6.61 Å². The normalized spacial score (nSPS) is 35.7. The molecule has 2 aliphatic rings. The van der Waals surface area contributed by atoms with Gasteiger partial charge in [0.15, 0.2) is 5.78 Å². The van der Waals surface area contributed by atoms with Crippen LogP contribution < -0.4 is 0 Å². The molecule has 0 aromatic rings. The molecule has 3 atom stereocenters. The second-order valence-electron chi connectivity index (χ2n) is 5.53. The summed E-state index contributed by atoms with van der Waals surface area (Å²) in [5.74, 6) is -0.0165.